The van der Waals surface area contributed by atoms with Gasteiger partial charge in [-0.15, -0.1) is 0 Å². The summed E-state index contributed by atoms with van der Waals surface area (Å²) in [4.78, 5) is 17.4. The molecule has 1 aliphatic rings. The third-order valence-corrected chi connectivity index (χ3v) is 6.43. The molecular formula is C24H33N3OS. The quantitative estimate of drug-likeness (QED) is 0.676. The Bertz CT molecular complexity index is 753. The molecule has 1 amide bonds. The van der Waals surface area contributed by atoms with Crippen LogP contribution >= 0.6 is 11.8 Å². The summed E-state index contributed by atoms with van der Waals surface area (Å²) in [6, 6.07) is 16.6. The Kier molecular flexibility index (Phi) is 8.59. The van der Waals surface area contributed by atoms with E-state index in [-0.39, 0.29) is 5.91 Å². The molecule has 1 aliphatic heterocycles. The molecule has 0 saturated carbocycles. The van der Waals surface area contributed by atoms with Crippen molar-refractivity contribution in [3.8, 4) is 0 Å². The first kappa shape index (κ1) is 21.9. The molecule has 1 N–H and O–H groups in total. The van der Waals surface area contributed by atoms with Crippen molar-refractivity contribution in [1.82, 2.24) is 15.1 Å². The second-order valence-corrected chi connectivity index (χ2v) is 8.82. The van der Waals surface area contributed by atoms with Crippen LogP contribution in [0.15, 0.2) is 48.5 Å². The number of nitrogens with one attached hydrogen (secondary N) is 1. The number of nitrogens with zero attached hydrogens (tertiary/aromatic N) is 2. The van der Waals surface area contributed by atoms with Crippen LogP contribution in [-0.2, 0) is 18.8 Å². The summed E-state index contributed by atoms with van der Waals surface area (Å²) in [7, 11) is 0. The minimum absolute atomic E-state index is 0.0161. The fraction of sp³-hybridized carbons (Fsp3) is 0.458. The van der Waals surface area contributed by atoms with E-state index >= 15 is 0 Å². The third-order valence-electron chi connectivity index (χ3n) is 5.48. The van der Waals surface area contributed by atoms with E-state index in [0.717, 1.165) is 48.8 Å². The summed E-state index contributed by atoms with van der Waals surface area (Å²) in [5.74, 6) is 2.09. The van der Waals surface area contributed by atoms with Gasteiger partial charge in [0.2, 0.25) is 0 Å². The monoisotopic (exact) mass is 411 g/mol. The molecule has 0 aromatic heterocycles. The van der Waals surface area contributed by atoms with Gasteiger partial charge in [-0.2, -0.15) is 11.8 Å². The van der Waals surface area contributed by atoms with Crippen molar-refractivity contribution >= 4 is 17.7 Å². The Hall–Kier alpha value is -1.82. The third kappa shape index (κ3) is 6.88. The van der Waals surface area contributed by atoms with E-state index in [4.69, 9.17) is 0 Å². The first-order valence-electron chi connectivity index (χ1n) is 10.7. The molecule has 0 radical (unpaired) electrons. The van der Waals surface area contributed by atoms with Crippen LogP contribution in [0.3, 0.4) is 0 Å². The molecule has 2 aromatic carbocycles. The topological polar surface area (TPSA) is 35.6 Å². The van der Waals surface area contributed by atoms with Crippen molar-refractivity contribution in [2.24, 2.45) is 0 Å². The lowest BCUT2D eigenvalue weighted by atomic mass is 10.1. The lowest BCUT2D eigenvalue weighted by Crippen LogP contribution is -2.45. The maximum absolute atomic E-state index is 12.4. The molecule has 4 nitrogen and oxygen atoms in total. The van der Waals surface area contributed by atoms with Gasteiger partial charge in [-0.3, -0.25) is 9.69 Å². The second-order valence-electron chi connectivity index (χ2n) is 7.54. The van der Waals surface area contributed by atoms with E-state index in [0.29, 0.717) is 6.54 Å². The maximum atomic E-state index is 12.4. The Morgan fingerprint density at radius 3 is 2.07 bits per heavy atom. The van der Waals surface area contributed by atoms with Crippen LogP contribution in [-0.4, -0.2) is 54.2 Å². The van der Waals surface area contributed by atoms with E-state index in [2.05, 4.69) is 53.2 Å². The molecule has 2 aromatic rings. The molecule has 29 heavy (non-hydrogen) atoms. The highest BCUT2D eigenvalue weighted by Gasteiger charge is 2.15. The highest BCUT2D eigenvalue weighted by atomic mass is 32.2. The summed E-state index contributed by atoms with van der Waals surface area (Å²) in [5, 5.41) is 3.03. The first-order chi connectivity index (χ1) is 14.2. The largest absolute Gasteiger partial charge is 0.348 e. The lowest BCUT2D eigenvalue weighted by Gasteiger charge is -2.34. The van der Waals surface area contributed by atoms with Gasteiger partial charge in [0, 0.05) is 50.6 Å². The number of carbonyl (C=O) groups is 1. The predicted octanol–water partition coefficient (Wildman–Crippen LogP) is 4.01. The highest BCUT2D eigenvalue weighted by Crippen LogP contribution is 2.13. The Balaban J connectivity index is 1.44. The molecule has 0 spiro atoms. The summed E-state index contributed by atoms with van der Waals surface area (Å²) >= 11 is 1.89. The van der Waals surface area contributed by atoms with Crippen molar-refractivity contribution in [1.29, 1.82) is 0 Å². The normalized spacial score (nSPS) is 15.4. The van der Waals surface area contributed by atoms with E-state index in [1.165, 1.54) is 24.2 Å². The molecule has 5 heteroatoms. The van der Waals surface area contributed by atoms with Gasteiger partial charge in [-0.05, 0) is 41.1 Å². The molecule has 0 aliphatic carbocycles. The van der Waals surface area contributed by atoms with Crippen LogP contribution < -0.4 is 5.32 Å². The second kappa shape index (κ2) is 11.4. The Labute approximate surface area is 179 Å². The van der Waals surface area contributed by atoms with Gasteiger partial charge in [-0.25, -0.2) is 0 Å². The van der Waals surface area contributed by atoms with E-state index in [1.54, 1.807) is 0 Å². The van der Waals surface area contributed by atoms with Gasteiger partial charge >= 0.3 is 0 Å². The fourth-order valence-corrected chi connectivity index (χ4v) is 4.17. The van der Waals surface area contributed by atoms with Crippen LogP contribution in [0.4, 0.5) is 0 Å². The number of carbonyl (C=O) groups excluding carboxylic acids is 1. The number of hydrogen-bond donors (Lipinski definition) is 1. The molecule has 156 valence electrons. The fourth-order valence-electron chi connectivity index (χ4n) is 3.54. The number of amides is 1. The zero-order valence-corrected chi connectivity index (χ0v) is 18.5. The molecular weight excluding hydrogens is 378 g/mol. The Morgan fingerprint density at radius 1 is 0.862 bits per heavy atom. The van der Waals surface area contributed by atoms with Crippen LogP contribution in [0, 0.1) is 0 Å². The lowest BCUT2D eigenvalue weighted by molar-refractivity contribution is 0.0951. The SMILES string of the molecule is CCSCc1ccc(C(=O)NCc2ccc(CN3CCN(CC)CC3)cc2)cc1. The number of piperazine rings is 1. The smallest absolute Gasteiger partial charge is 0.251 e. The molecule has 1 saturated heterocycles. The van der Waals surface area contributed by atoms with Crippen molar-refractivity contribution in [3.63, 3.8) is 0 Å². The zero-order chi connectivity index (χ0) is 20.5. The molecule has 0 bridgehead atoms. The van der Waals surface area contributed by atoms with E-state index in [9.17, 15) is 4.79 Å². The number of thioether (sulfide) groups is 1. The van der Waals surface area contributed by atoms with E-state index in [1.807, 2.05) is 36.0 Å². The van der Waals surface area contributed by atoms with Gasteiger partial charge < -0.3 is 10.2 Å². The van der Waals surface area contributed by atoms with Crippen LogP contribution in [0.25, 0.3) is 0 Å². The van der Waals surface area contributed by atoms with Gasteiger partial charge in [0.1, 0.15) is 0 Å². The van der Waals surface area contributed by atoms with Gasteiger partial charge in [0.25, 0.3) is 5.91 Å². The van der Waals surface area contributed by atoms with Crippen molar-refractivity contribution < 1.29 is 4.79 Å². The molecule has 3 rings (SSSR count). The van der Waals surface area contributed by atoms with Gasteiger partial charge in [-0.1, -0.05) is 50.2 Å². The standard InChI is InChI=1S/C24H33N3OS/c1-3-26-13-15-27(16-14-26)18-21-7-5-20(6-8-21)17-25-24(28)23-11-9-22(10-12-23)19-29-4-2/h5-12H,3-4,13-19H2,1-2H3,(H,25,28). The van der Waals surface area contributed by atoms with Gasteiger partial charge in [0.15, 0.2) is 0 Å². The Morgan fingerprint density at radius 2 is 1.45 bits per heavy atom. The summed E-state index contributed by atoms with van der Waals surface area (Å²) in [5.41, 5.74) is 4.46. The van der Waals surface area contributed by atoms with Crippen LogP contribution in [0.1, 0.15) is 40.9 Å². The predicted molar refractivity (Wildman–Crippen MR) is 123 cm³/mol. The molecule has 0 atom stereocenters. The van der Waals surface area contributed by atoms with E-state index < -0.39 is 0 Å². The summed E-state index contributed by atoms with van der Waals surface area (Å²) < 4.78 is 0. The van der Waals surface area contributed by atoms with Crippen LogP contribution in [0.5, 0.6) is 0 Å². The average Bonchev–Trinajstić information content (AvgIpc) is 2.78. The number of hydrogen-bond acceptors (Lipinski definition) is 4. The molecule has 1 fully saturated rings. The minimum Gasteiger partial charge on any atom is -0.348 e. The average molecular weight is 412 g/mol. The van der Waals surface area contributed by atoms with Gasteiger partial charge in [0.05, 0.1) is 0 Å². The van der Waals surface area contributed by atoms with Crippen LogP contribution in [0.2, 0.25) is 0 Å². The number of likely N-dealkylation sites (N-methyl/N-ethyl adjacent to an activating group) is 1. The molecule has 0 unspecified atom stereocenters. The highest BCUT2D eigenvalue weighted by molar-refractivity contribution is 7.98. The summed E-state index contributed by atoms with van der Waals surface area (Å²) in [6.07, 6.45) is 0. The summed E-state index contributed by atoms with van der Waals surface area (Å²) in [6.45, 7) is 11.7. The maximum Gasteiger partial charge on any atom is 0.251 e. The number of benzene rings is 2. The van der Waals surface area contributed by atoms with Crippen molar-refractivity contribution in [3.05, 3.63) is 70.8 Å². The number of rotatable bonds is 9. The van der Waals surface area contributed by atoms with Crippen molar-refractivity contribution in [2.45, 2.75) is 32.7 Å². The van der Waals surface area contributed by atoms with Crippen molar-refractivity contribution in [2.75, 3.05) is 38.5 Å². The molecule has 1 heterocycles. The minimum atomic E-state index is -0.0161. The first-order valence-corrected chi connectivity index (χ1v) is 11.8. The zero-order valence-electron chi connectivity index (χ0n) is 17.7.